The van der Waals surface area contributed by atoms with Crippen LogP contribution in [-0.4, -0.2) is 49.5 Å². The molecule has 0 spiro atoms. The molecule has 3 rings (SSSR count). The van der Waals surface area contributed by atoms with Gasteiger partial charge in [-0.3, -0.25) is 9.59 Å². The number of sulfonamides is 1. The fourth-order valence-electron chi connectivity index (χ4n) is 3.80. The van der Waals surface area contributed by atoms with Crippen LogP contribution in [0, 0.1) is 11.7 Å². The minimum atomic E-state index is -3.68. The minimum Gasteiger partial charge on any atom is -0.339 e. The molecule has 0 N–H and O–H groups in total. The number of hydrogen-bond acceptors (Lipinski definition) is 4. The number of ketones is 1. The average molecular weight is 447 g/mol. The second-order valence-electron chi connectivity index (χ2n) is 7.94. The Morgan fingerprint density at radius 3 is 2.10 bits per heavy atom. The number of halogens is 1. The van der Waals surface area contributed by atoms with Crippen LogP contribution in [0.3, 0.4) is 0 Å². The van der Waals surface area contributed by atoms with E-state index < -0.39 is 10.0 Å². The van der Waals surface area contributed by atoms with E-state index in [4.69, 9.17) is 0 Å². The summed E-state index contributed by atoms with van der Waals surface area (Å²) < 4.78 is 40.4. The predicted octanol–water partition coefficient (Wildman–Crippen LogP) is 3.65. The molecule has 1 heterocycles. The van der Waals surface area contributed by atoms with Gasteiger partial charge in [-0.1, -0.05) is 24.3 Å². The smallest absolute Gasteiger partial charge is 0.243 e. The van der Waals surface area contributed by atoms with Crippen molar-refractivity contribution in [2.24, 2.45) is 5.92 Å². The largest absolute Gasteiger partial charge is 0.339 e. The van der Waals surface area contributed by atoms with Crippen molar-refractivity contribution in [3.8, 4) is 0 Å². The second kappa shape index (κ2) is 9.28. The molecule has 2 aromatic carbocycles. The monoisotopic (exact) mass is 446 g/mol. The van der Waals surface area contributed by atoms with Crippen molar-refractivity contribution in [2.45, 2.75) is 37.6 Å². The molecule has 0 aliphatic carbocycles. The third-order valence-electron chi connectivity index (χ3n) is 5.98. The summed E-state index contributed by atoms with van der Waals surface area (Å²) in [5.41, 5.74) is 1.30. The maximum Gasteiger partial charge on any atom is 0.243 e. The number of rotatable bonds is 6. The highest BCUT2D eigenvalue weighted by atomic mass is 32.2. The summed E-state index contributed by atoms with van der Waals surface area (Å²) in [4.78, 5) is 26.1. The van der Waals surface area contributed by atoms with Gasteiger partial charge in [-0.15, -0.1) is 0 Å². The third kappa shape index (κ3) is 5.02. The summed E-state index contributed by atoms with van der Waals surface area (Å²) in [5, 5.41) is 0. The van der Waals surface area contributed by atoms with Gasteiger partial charge in [0.1, 0.15) is 5.82 Å². The Hall–Kier alpha value is -2.58. The normalized spacial score (nSPS) is 16.6. The van der Waals surface area contributed by atoms with Crippen LogP contribution in [-0.2, 0) is 14.8 Å². The summed E-state index contributed by atoms with van der Waals surface area (Å²) in [5.74, 6) is -0.754. The zero-order valence-corrected chi connectivity index (χ0v) is 18.7. The number of benzene rings is 2. The molecule has 2 aromatic rings. The zero-order chi connectivity index (χ0) is 22.8. The molecule has 31 heavy (non-hydrogen) atoms. The van der Waals surface area contributed by atoms with Gasteiger partial charge in [-0.2, -0.15) is 4.31 Å². The number of amides is 1. The van der Waals surface area contributed by atoms with Crippen LogP contribution in [0.1, 0.15) is 48.7 Å². The van der Waals surface area contributed by atoms with E-state index >= 15 is 0 Å². The first-order valence-electron chi connectivity index (χ1n) is 10.2. The number of carbonyl (C=O) groups excluding carboxylic acids is 2. The van der Waals surface area contributed by atoms with Crippen molar-refractivity contribution < 1.29 is 22.4 Å². The molecule has 0 aromatic heterocycles. The molecule has 6 nitrogen and oxygen atoms in total. The first kappa shape index (κ1) is 23.1. The molecule has 1 aliphatic heterocycles. The molecule has 166 valence electrons. The summed E-state index contributed by atoms with van der Waals surface area (Å²) in [6.07, 6.45) is 0.869. The van der Waals surface area contributed by atoms with E-state index in [0.717, 1.165) is 5.56 Å². The maximum atomic E-state index is 13.2. The van der Waals surface area contributed by atoms with Crippen molar-refractivity contribution in [3.05, 3.63) is 65.5 Å². The van der Waals surface area contributed by atoms with Crippen LogP contribution in [0.25, 0.3) is 0 Å². The quantitative estimate of drug-likeness (QED) is 0.635. The van der Waals surface area contributed by atoms with Crippen molar-refractivity contribution in [2.75, 3.05) is 20.1 Å². The van der Waals surface area contributed by atoms with E-state index in [1.165, 1.54) is 47.6 Å². The zero-order valence-electron chi connectivity index (χ0n) is 17.9. The lowest BCUT2D eigenvalue weighted by atomic mass is 9.95. The van der Waals surface area contributed by atoms with Crippen molar-refractivity contribution in [1.29, 1.82) is 0 Å². The topological polar surface area (TPSA) is 74.8 Å². The number of hydrogen-bond donors (Lipinski definition) is 0. The van der Waals surface area contributed by atoms with Crippen LogP contribution >= 0.6 is 0 Å². The third-order valence-corrected chi connectivity index (χ3v) is 7.90. The van der Waals surface area contributed by atoms with Gasteiger partial charge in [0.25, 0.3) is 0 Å². The molecule has 1 saturated heterocycles. The van der Waals surface area contributed by atoms with Crippen molar-refractivity contribution in [1.82, 2.24) is 9.21 Å². The lowest BCUT2D eigenvalue weighted by Crippen LogP contribution is -2.43. The van der Waals surface area contributed by atoms with Gasteiger partial charge >= 0.3 is 0 Å². The number of carbonyl (C=O) groups is 2. The summed E-state index contributed by atoms with van der Waals surface area (Å²) in [6.45, 7) is 3.83. The standard InChI is InChI=1S/C23H27FN2O4S/c1-16(18-4-8-21(24)9-5-18)25(3)23(28)20-12-14-26(15-13-20)31(29,30)22-10-6-19(7-11-22)17(2)27/h4-11,16,20H,12-15H2,1-3H3. The molecule has 0 bridgehead atoms. The molecule has 1 unspecified atom stereocenters. The van der Waals surface area contributed by atoms with Gasteiger partial charge in [-0.25, -0.2) is 12.8 Å². The molecule has 0 radical (unpaired) electrons. The Bertz CT molecular complexity index is 1040. The van der Waals surface area contributed by atoms with E-state index in [1.807, 2.05) is 6.92 Å². The van der Waals surface area contributed by atoms with E-state index in [9.17, 15) is 22.4 Å². The molecule has 1 atom stereocenters. The first-order valence-corrected chi connectivity index (χ1v) is 11.7. The van der Waals surface area contributed by atoms with Crippen LogP contribution in [0.4, 0.5) is 4.39 Å². The Morgan fingerprint density at radius 2 is 1.58 bits per heavy atom. The fraction of sp³-hybridized carbons (Fsp3) is 0.391. The molecular formula is C23H27FN2O4S. The summed E-state index contributed by atoms with van der Waals surface area (Å²) in [7, 11) is -1.96. The lowest BCUT2D eigenvalue weighted by molar-refractivity contribution is -0.137. The molecule has 0 saturated carbocycles. The van der Waals surface area contributed by atoms with Gasteiger partial charge in [0.05, 0.1) is 10.9 Å². The number of Topliss-reactive ketones (excluding diaryl/α,β-unsaturated/α-hetero) is 1. The van der Waals surface area contributed by atoms with Gasteiger partial charge in [0, 0.05) is 31.6 Å². The predicted molar refractivity (Wildman–Crippen MR) is 116 cm³/mol. The Kier molecular flexibility index (Phi) is 6.91. The van der Waals surface area contributed by atoms with E-state index in [1.54, 1.807) is 24.1 Å². The number of piperidine rings is 1. The molecule has 1 fully saturated rings. The van der Waals surface area contributed by atoms with Crippen LogP contribution in [0.15, 0.2) is 53.4 Å². The van der Waals surface area contributed by atoms with E-state index in [-0.39, 0.29) is 47.5 Å². The Balaban J connectivity index is 1.63. The summed E-state index contributed by atoms with van der Waals surface area (Å²) >= 11 is 0. The molecular weight excluding hydrogens is 419 g/mol. The highest BCUT2D eigenvalue weighted by molar-refractivity contribution is 7.89. The maximum absolute atomic E-state index is 13.2. The van der Waals surface area contributed by atoms with Crippen LogP contribution in [0.5, 0.6) is 0 Å². The van der Waals surface area contributed by atoms with Crippen LogP contribution in [0.2, 0.25) is 0 Å². The minimum absolute atomic E-state index is 0.0420. The SMILES string of the molecule is CC(=O)c1ccc(S(=O)(=O)N2CCC(C(=O)N(C)C(C)c3ccc(F)cc3)CC2)cc1. The van der Waals surface area contributed by atoms with Crippen molar-refractivity contribution >= 4 is 21.7 Å². The summed E-state index contributed by atoms with van der Waals surface area (Å²) in [6, 6.07) is 11.8. The van der Waals surface area contributed by atoms with Gasteiger partial charge in [0.15, 0.2) is 5.78 Å². The van der Waals surface area contributed by atoms with E-state index in [2.05, 4.69) is 0 Å². The molecule has 1 amide bonds. The highest BCUT2D eigenvalue weighted by Crippen LogP contribution is 2.28. The van der Waals surface area contributed by atoms with E-state index in [0.29, 0.717) is 18.4 Å². The fourth-order valence-corrected chi connectivity index (χ4v) is 5.27. The average Bonchev–Trinajstić information content (AvgIpc) is 2.78. The Morgan fingerprint density at radius 1 is 1.03 bits per heavy atom. The van der Waals surface area contributed by atoms with Crippen LogP contribution < -0.4 is 0 Å². The lowest BCUT2D eigenvalue weighted by Gasteiger charge is -2.34. The van der Waals surface area contributed by atoms with Crippen molar-refractivity contribution in [3.63, 3.8) is 0 Å². The first-order chi connectivity index (χ1) is 14.6. The Labute approximate surface area is 182 Å². The molecule has 8 heteroatoms. The second-order valence-corrected chi connectivity index (χ2v) is 9.87. The molecule has 1 aliphatic rings. The van der Waals surface area contributed by atoms with Gasteiger partial charge < -0.3 is 4.90 Å². The van der Waals surface area contributed by atoms with Gasteiger partial charge in [-0.05, 0) is 56.5 Å². The highest BCUT2D eigenvalue weighted by Gasteiger charge is 2.34. The van der Waals surface area contributed by atoms with Gasteiger partial charge in [0.2, 0.25) is 15.9 Å². The number of nitrogens with zero attached hydrogens (tertiary/aromatic N) is 2.